The van der Waals surface area contributed by atoms with Gasteiger partial charge in [-0.3, -0.25) is 4.79 Å². The molecule has 3 aromatic rings. The molecule has 0 aliphatic heterocycles. The zero-order valence-corrected chi connectivity index (χ0v) is 19.5. The Morgan fingerprint density at radius 3 is 2.39 bits per heavy atom. The molecule has 1 aliphatic rings. The number of anilines is 2. The fourth-order valence-corrected chi connectivity index (χ4v) is 3.99. The summed E-state index contributed by atoms with van der Waals surface area (Å²) in [5, 5.41) is 26.9. The van der Waals surface area contributed by atoms with Crippen molar-refractivity contribution in [3.05, 3.63) is 89.0 Å². The van der Waals surface area contributed by atoms with Crippen molar-refractivity contribution >= 4 is 42.2 Å². The van der Waals surface area contributed by atoms with Crippen LogP contribution in [0.1, 0.15) is 47.2 Å². The van der Waals surface area contributed by atoms with Crippen LogP contribution in [-0.4, -0.2) is 10.9 Å². The molecule has 1 amide bonds. The molecule has 1 saturated carbocycles. The van der Waals surface area contributed by atoms with Gasteiger partial charge in [0.15, 0.2) is 12.4 Å². The summed E-state index contributed by atoms with van der Waals surface area (Å²) in [6, 6.07) is 16.9. The molecule has 0 bridgehead atoms. The van der Waals surface area contributed by atoms with Crippen LogP contribution in [0, 0.1) is 16.5 Å². The molecule has 2 aromatic heterocycles. The van der Waals surface area contributed by atoms with Gasteiger partial charge in [0.2, 0.25) is 0 Å². The second-order valence-corrected chi connectivity index (χ2v) is 7.75. The van der Waals surface area contributed by atoms with E-state index in [1.54, 1.807) is 30.5 Å². The summed E-state index contributed by atoms with van der Waals surface area (Å²) < 4.78 is 0.722. The van der Waals surface area contributed by atoms with Crippen molar-refractivity contribution in [3.8, 4) is 6.07 Å². The lowest BCUT2D eigenvalue weighted by molar-refractivity contribution is -0.605. The molecule has 1 fully saturated rings. The highest BCUT2D eigenvalue weighted by Crippen LogP contribution is 2.40. The third-order valence-corrected chi connectivity index (χ3v) is 5.75. The maximum absolute atomic E-state index is 12.9. The van der Waals surface area contributed by atoms with Crippen LogP contribution in [0.3, 0.4) is 0 Å². The van der Waals surface area contributed by atoms with E-state index in [2.05, 4.69) is 21.7 Å². The Labute approximate surface area is 205 Å². The maximum atomic E-state index is 12.9. The third kappa shape index (κ3) is 5.92. The van der Waals surface area contributed by atoms with Crippen LogP contribution in [0.5, 0.6) is 0 Å². The normalized spacial score (nSPS) is 13.7. The van der Waals surface area contributed by atoms with E-state index in [9.17, 15) is 15.3 Å². The lowest BCUT2D eigenvalue weighted by atomic mass is 9.80. The van der Waals surface area contributed by atoms with Crippen LogP contribution in [0.4, 0.5) is 11.5 Å². The second kappa shape index (κ2) is 11.5. The minimum atomic E-state index is -0.397. The molecule has 0 unspecified atom stereocenters. The fraction of sp³-hybridized carbons (Fsp3) is 0.250. The molecule has 9 heteroatoms. The van der Waals surface area contributed by atoms with Crippen molar-refractivity contribution in [1.82, 2.24) is 4.98 Å². The fourth-order valence-electron chi connectivity index (χ4n) is 3.99. The monoisotopic (exact) mass is 485 g/mol. The number of halogens is 2. The Hall–Kier alpha value is -3.34. The molecule has 172 valence electrons. The minimum absolute atomic E-state index is 0. The summed E-state index contributed by atoms with van der Waals surface area (Å²) in [6.45, 7) is 0.434. The number of hydrogen-bond donors (Lipinski definition) is 2. The van der Waals surface area contributed by atoms with Crippen LogP contribution >= 0.6 is 24.8 Å². The van der Waals surface area contributed by atoms with Crippen LogP contribution in [0.25, 0.3) is 0 Å². The predicted molar refractivity (Wildman–Crippen MR) is 132 cm³/mol. The van der Waals surface area contributed by atoms with Gasteiger partial charge in [-0.2, -0.15) is 9.99 Å². The zero-order chi connectivity index (χ0) is 21.7. The summed E-state index contributed by atoms with van der Waals surface area (Å²) >= 11 is 0. The summed E-state index contributed by atoms with van der Waals surface area (Å²) in [4.78, 5) is 17.1. The first-order valence-corrected chi connectivity index (χ1v) is 10.3. The van der Waals surface area contributed by atoms with Gasteiger partial charge in [0.25, 0.3) is 5.91 Å². The average molecular weight is 486 g/mol. The lowest BCUT2D eigenvalue weighted by Crippen LogP contribution is -2.24. The highest BCUT2D eigenvalue weighted by molar-refractivity contribution is 6.07. The molecule has 7 nitrogen and oxygen atoms in total. The first-order chi connectivity index (χ1) is 15.1. The number of rotatable bonds is 6. The lowest BCUT2D eigenvalue weighted by Gasteiger charge is -2.21. The van der Waals surface area contributed by atoms with E-state index in [4.69, 9.17) is 0 Å². The number of nitrogens with zero attached hydrogens (tertiary/aromatic N) is 3. The molecule has 1 aliphatic carbocycles. The number of amides is 1. The molecule has 4 rings (SSSR count). The van der Waals surface area contributed by atoms with Crippen molar-refractivity contribution in [2.45, 2.75) is 37.6 Å². The average Bonchev–Trinajstić information content (AvgIpc) is 3.30. The van der Waals surface area contributed by atoms with Gasteiger partial charge in [-0.15, -0.1) is 24.8 Å². The van der Waals surface area contributed by atoms with E-state index in [-0.39, 0.29) is 30.7 Å². The maximum Gasteiger partial charge on any atom is 0.259 e. The SMILES string of the molecule is Cl.Cl.N#CC1(c2ccc(NC(=O)c3cccnc3NCc3cc[n+]([O-])cc3)cc2)CCCC1. The topological polar surface area (TPSA) is 105 Å². The molecule has 0 radical (unpaired) electrons. The standard InChI is InChI=1S/C24H23N5O2.2ClH/c25-17-24(11-1-2-12-24)19-5-7-20(8-6-19)28-23(30)21-4-3-13-26-22(21)27-16-18-9-14-29(31)15-10-18;;/h3-10,13-15H,1-2,11-12,16H2,(H,26,27)(H,28,30);2*1H. The van der Waals surface area contributed by atoms with E-state index in [0.717, 1.165) is 41.5 Å². The highest BCUT2D eigenvalue weighted by Gasteiger charge is 2.35. The molecular weight excluding hydrogens is 461 g/mol. The minimum Gasteiger partial charge on any atom is -0.619 e. The third-order valence-electron chi connectivity index (χ3n) is 5.75. The van der Waals surface area contributed by atoms with Crippen LogP contribution < -0.4 is 15.4 Å². The molecule has 33 heavy (non-hydrogen) atoms. The second-order valence-electron chi connectivity index (χ2n) is 7.75. The van der Waals surface area contributed by atoms with Crippen molar-refractivity contribution in [1.29, 1.82) is 5.26 Å². The largest absolute Gasteiger partial charge is 0.619 e. The number of pyridine rings is 2. The Morgan fingerprint density at radius 2 is 1.76 bits per heavy atom. The molecule has 0 saturated heterocycles. The number of nitrogens with one attached hydrogen (secondary N) is 2. The molecule has 2 heterocycles. The van der Waals surface area contributed by atoms with E-state index >= 15 is 0 Å². The molecule has 2 N–H and O–H groups in total. The number of aromatic nitrogens is 2. The van der Waals surface area contributed by atoms with Crippen LogP contribution in [0.2, 0.25) is 0 Å². The first kappa shape index (κ1) is 25.9. The van der Waals surface area contributed by atoms with Crippen molar-refractivity contribution in [2.24, 2.45) is 0 Å². The summed E-state index contributed by atoms with van der Waals surface area (Å²) in [5.41, 5.74) is 2.60. The molecule has 0 spiro atoms. The summed E-state index contributed by atoms with van der Waals surface area (Å²) in [6.07, 6.45) is 8.38. The molecule has 0 atom stereocenters. The van der Waals surface area contributed by atoms with Crippen LogP contribution in [-0.2, 0) is 12.0 Å². The van der Waals surface area contributed by atoms with E-state index in [0.29, 0.717) is 23.6 Å². The number of nitriles is 1. The van der Waals surface area contributed by atoms with Gasteiger partial charge in [-0.25, -0.2) is 4.98 Å². The number of carbonyl (C=O) groups excluding carboxylic acids is 1. The highest BCUT2D eigenvalue weighted by atomic mass is 35.5. The quantitative estimate of drug-likeness (QED) is 0.386. The Kier molecular flexibility index (Phi) is 9.03. The Bertz CT molecular complexity index is 1110. The zero-order valence-electron chi connectivity index (χ0n) is 17.9. The van der Waals surface area contributed by atoms with Gasteiger partial charge in [0.05, 0.1) is 17.0 Å². The van der Waals surface area contributed by atoms with Gasteiger partial charge in [0.1, 0.15) is 5.82 Å². The van der Waals surface area contributed by atoms with E-state index < -0.39 is 5.41 Å². The smallest absolute Gasteiger partial charge is 0.259 e. The first-order valence-electron chi connectivity index (χ1n) is 10.3. The Morgan fingerprint density at radius 1 is 1.09 bits per heavy atom. The predicted octanol–water partition coefficient (Wildman–Crippen LogP) is 4.76. The number of benzene rings is 1. The van der Waals surface area contributed by atoms with E-state index in [1.165, 1.54) is 12.4 Å². The van der Waals surface area contributed by atoms with Crippen LogP contribution in [0.15, 0.2) is 67.1 Å². The number of carbonyl (C=O) groups is 1. The van der Waals surface area contributed by atoms with Crippen molar-refractivity contribution in [3.63, 3.8) is 0 Å². The van der Waals surface area contributed by atoms with Gasteiger partial charge in [0, 0.05) is 30.6 Å². The van der Waals surface area contributed by atoms with Gasteiger partial charge in [-0.1, -0.05) is 25.0 Å². The van der Waals surface area contributed by atoms with Crippen molar-refractivity contribution < 1.29 is 9.52 Å². The van der Waals surface area contributed by atoms with Crippen molar-refractivity contribution in [2.75, 3.05) is 10.6 Å². The summed E-state index contributed by atoms with van der Waals surface area (Å²) in [5.74, 6) is 0.189. The van der Waals surface area contributed by atoms with E-state index in [1.807, 2.05) is 24.3 Å². The van der Waals surface area contributed by atoms with Gasteiger partial charge in [-0.05, 0) is 48.2 Å². The molecule has 1 aromatic carbocycles. The molecular formula is C24H25Cl2N5O2. The number of hydrogen-bond acceptors (Lipinski definition) is 5. The van der Waals surface area contributed by atoms with Gasteiger partial charge < -0.3 is 15.8 Å². The Balaban J connectivity index is 0.00000193. The summed E-state index contributed by atoms with van der Waals surface area (Å²) in [7, 11) is 0. The van der Waals surface area contributed by atoms with Gasteiger partial charge >= 0.3 is 0 Å².